The van der Waals surface area contributed by atoms with Crippen molar-refractivity contribution in [2.24, 2.45) is 5.18 Å². The number of benzene rings is 1. The number of carbonyl (C=O) groups is 3. The van der Waals surface area contributed by atoms with Crippen LogP contribution in [0.15, 0.2) is 52.7 Å². The van der Waals surface area contributed by atoms with Gasteiger partial charge in [0.25, 0.3) is 17.5 Å². The number of nitro groups is 1. The maximum atomic E-state index is 12.4. The van der Waals surface area contributed by atoms with Crippen molar-refractivity contribution < 1.29 is 29.2 Å². The zero-order valence-corrected chi connectivity index (χ0v) is 18.5. The lowest BCUT2D eigenvalue weighted by atomic mass is 10.1. The molecule has 32 heavy (non-hydrogen) atoms. The third-order valence-electron chi connectivity index (χ3n) is 4.56. The Hall–Kier alpha value is -3.26. The molecule has 1 aromatic carbocycles. The van der Waals surface area contributed by atoms with Crippen LogP contribution < -0.4 is 5.32 Å². The molecule has 2 atom stereocenters. The van der Waals surface area contributed by atoms with Crippen LogP contribution >= 0.6 is 27.7 Å². The lowest BCUT2D eigenvalue weighted by Gasteiger charge is -2.47. The second kappa shape index (κ2) is 9.91. The number of amides is 2. The molecule has 3 rings (SSSR count). The number of nitroso groups, excluding NO2 is 1. The van der Waals surface area contributed by atoms with Crippen molar-refractivity contribution in [2.45, 2.75) is 18.0 Å². The zero-order chi connectivity index (χ0) is 23.4. The Balaban J connectivity index is 1.58. The number of ether oxygens (including phenoxy) is 1. The molecule has 1 fully saturated rings. The highest BCUT2D eigenvalue weighted by atomic mass is 79.9. The Bertz CT molecular complexity index is 1040. The van der Waals surface area contributed by atoms with Crippen LogP contribution in [0.3, 0.4) is 0 Å². The molecular weight excluding hydrogens is 512 g/mol. The molecule has 0 aliphatic carbocycles. The third kappa shape index (κ3) is 4.80. The summed E-state index contributed by atoms with van der Waals surface area (Å²) in [6.45, 7) is -0.0975. The van der Waals surface area contributed by atoms with Gasteiger partial charge in [-0.05, 0) is 22.9 Å². The molecule has 2 aliphatic heterocycles. The number of esters is 1. The number of hydrogen-bond donors (Lipinski definition) is 2. The molecule has 12 nitrogen and oxygen atoms in total. The van der Waals surface area contributed by atoms with Crippen molar-refractivity contribution in [2.75, 3.05) is 11.1 Å². The van der Waals surface area contributed by atoms with Crippen molar-refractivity contribution in [1.82, 2.24) is 10.2 Å². The van der Waals surface area contributed by atoms with E-state index in [9.17, 15) is 34.5 Å². The van der Waals surface area contributed by atoms with E-state index < -0.39 is 45.6 Å². The van der Waals surface area contributed by atoms with E-state index in [4.69, 9.17) is 4.74 Å². The number of alkyl halides is 1. The number of thioether (sulfide) groups is 1. The van der Waals surface area contributed by atoms with E-state index in [1.54, 1.807) is 0 Å². The molecule has 0 radical (unpaired) electrons. The van der Waals surface area contributed by atoms with Gasteiger partial charge in [-0.1, -0.05) is 15.9 Å². The quantitative estimate of drug-likeness (QED) is 0.0749. The zero-order valence-electron chi connectivity index (χ0n) is 16.1. The number of carbonyl (C=O) groups excluding carboxylic acids is 3. The first kappa shape index (κ1) is 23.4. The summed E-state index contributed by atoms with van der Waals surface area (Å²) in [5.74, 6) is -2.48. The van der Waals surface area contributed by atoms with Gasteiger partial charge in [0.15, 0.2) is 0 Å². The largest absolute Gasteiger partial charge is 0.509 e. The number of hydrogen-bond acceptors (Lipinski definition) is 10. The van der Waals surface area contributed by atoms with Crippen LogP contribution in [0, 0.1) is 15.0 Å². The van der Waals surface area contributed by atoms with Gasteiger partial charge in [0.2, 0.25) is 5.70 Å². The molecule has 2 aliphatic rings. The minimum atomic E-state index is -0.979. The number of aliphatic hydroxyl groups excluding tert-OH is 1. The lowest BCUT2D eigenvalue weighted by molar-refractivity contribution is -0.384. The summed E-state index contributed by atoms with van der Waals surface area (Å²) >= 11 is 4.11. The lowest BCUT2D eigenvalue weighted by Crippen LogP contribution is -2.68. The van der Waals surface area contributed by atoms with E-state index in [0.717, 1.165) is 0 Å². The van der Waals surface area contributed by atoms with Crippen LogP contribution in [-0.4, -0.2) is 55.2 Å². The Kier molecular flexibility index (Phi) is 7.25. The van der Waals surface area contributed by atoms with Gasteiger partial charge in [-0.3, -0.25) is 19.7 Å². The van der Waals surface area contributed by atoms with Crippen molar-refractivity contribution >= 4 is 51.2 Å². The highest BCUT2D eigenvalue weighted by molar-refractivity contribution is 9.09. The molecule has 168 valence electrons. The van der Waals surface area contributed by atoms with E-state index in [2.05, 4.69) is 26.4 Å². The molecule has 2 amide bonds. The molecule has 0 aromatic heterocycles. The summed E-state index contributed by atoms with van der Waals surface area (Å²) in [7, 11) is 0. The number of rotatable bonds is 8. The van der Waals surface area contributed by atoms with Crippen LogP contribution in [0.5, 0.6) is 0 Å². The fourth-order valence-corrected chi connectivity index (χ4v) is 4.39. The van der Waals surface area contributed by atoms with Gasteiger partial charge in [-0.2, -0.15) is 0 Å². The SMILES string of the molecule is O=NC(C(=O)NC1C(=O)N2C=C(C(=O)OCc3ccc([N+](=O)[O-])cc3)CS[C@H]12)=C(O)CBr. The first-order chi connectivity index (χ1) is 15.3. The average Bonchev–Trinajstić information content (AvgIpc) is 2.80. The number of nitrogens with one attached hydrogen (secondary N) is 1. The summed E-state index contributed by atoms with van der Waals surface area (Å²) in [5.41, 5.74) is -0.00388. The van der Waals surface area contributed by atoms with Gasteiger partial charge in [0, 0.05) is 24.1 Å². The minimum Gasteiger partial charge on any atom is -0.509 e. The smallest absolute Gasteiger partial charge is 0.336 e. The summed E-state index contributed by atoms with van der Waals surface area (Å²) < 4.78 is 5.20. The highest BCUT2D eigenvalue weighted by Crippen LogP contribution is 2.36. The van der Waals surface area contributed by atoms with Crippen LogP contribution in [0.4, 0.5) is 5.69 Å². The fourth-order valence-electron chi connectivity index (χ4n) is 2.88. The number of nitro benzene ring substituents is 1. The van der Waals surface area contributed by atoms with E-state index in [1.807, 2.05) is 0 Å². The van der Waals surface area contributed by atoms with Gasteiger partial charge in [0.05, 0.1) is 15.8 Å². The molecule has 1 unspecified atom stereocenters. The summed E-state index contributed by atoms with van der Waals surface area (Å²) in [6, 6.07) is 4.61. The molecule has 0 bridgehead atoms. The highest BCUT2D eigenvalue weighted by Gasteiger charge is 2.50. The summed E-state index contributed by atoms with van der Waals surface area (Å²) in [6.07, 6.45) is 1.34. The van der Waals surface area contributed by atoms with Gasteiger partial charge in [-0.15, -0.1) is 16.7 Å². The van der Waals surface area contributed by atoms with Crippen LogP contribution in [0.25, 0.3) is 0 Å². The van der Waals surface area contributed by atoms with Gasteiger partial charge >= 0.3 is 5.97 Å². The molecule has 2 heterocycles. The average molecular weight is 527 g/mol. The van der Waals surface area contributed by atoms with Gasteiger partial charge < -0.3 is 20.1 Å². The number of nitrogens with zero attached hydrogens (tertiary/aromatic N) is 3. The number of non-ortho nitro benzene ring substituents is 1. The molecule has 14 heteroatoms. The van der Waals surface area contributed by atoms with Crippen LogP contribution in [0.2, 0.25) is 0 Å². The van der Waals surface area contributed by atoms with E-state index >= 15 is 0 Å². The normalized spacial score (nSPS) is 20.2. The Morgan fingerprint density at radius 2 is 2.06 bits per heavy atom. The Morgan fingerprint density at radius 1 is 1.38 bits per heavy atom. The van der Waals surface area contributed by atoms with Crippen LogP contribution in [-0.2, 0) is 25.7 Å². The standard InChI is InChI=1S/C18H15BrN4O8S/c19-5-12(24)13(21-28)15(25)20-14-16(26)22-6-10(8-32-17(14)22)18(27)31-7-9-1-3-11(4-2-9)23(29)30/h1-4,6,14,17,24H,5,7-8H2,(H,20,25)/t14?,17-/m1/s1. The third-order valence-corrected chi connectivity index (χ3v) is 6.41. The van der Waals surface area contributed by atoms with E-state index in [0.29, 0.717) is 5.56 Å². The summed E-state index contributed by atoms with van der Waals surface area (Å²) in [5, 5.41) is 24.4. The second-order valence-electron chi connectivity index (χ2n) is 6.57. The number of fused-ring (bicyclic) bond motifs is 1. The van der Waals surface area contributed by atoms with Crippen molar-refractivity contribution in [1.29, 1.82) is 0 Å². The molecule has 0 saturated carbocycles. The maximum Gasteiger partial charge on any atom is 0.336 e. The van der Waals surface area contributed by atoms with Crippen molar-refractivity contribution in [3.63, 3.8) is 0 Å². The van der Waals surface area contributed by atoms with E-state index in [1.165, 1.54) is 47.1 Å². The first-order valence-electron chi connectivity index (χ1n) is 8.94. The number of β-lactam (4-membered cyclic amide) rings is 1. The van der Waals surface area contributed by atoms with E-state index in [-0.39, 0.29) is 29.0 Å². The fraction of sp³-hybridized carbons (Fsp3) is 0.278. The van der Waals surface area contributed by atoms with Crippen molar-refractivity contribution in [3.05, 3.63) is 68.1 Å². The monoisotopic (exact) mass is 526 g/mol. The maximum absolute atomic E-state index is 12.4. The molecule has 1 saturated heterocycles. The molecule has 2 N–H and O–H groups in total. The Labute approximate surface area is 192 Å². The topological polar surface area (TPSA) is 169 Å². The number of aliphatic hydroxyl groups is 1. The van der Waals surface area contributed by atoms with Gasteiger partial charge in [0.1, 0.15) is 23.8 Å². The Morgan fingerprint density at radius 3 is 2.66 bits per heavy atom. The molecular formula is C18H15BrN4O8S. The predicted molar refractivity (Wildman–Crippen MR) is 115 cm³/mol. The first-order valence-corrected chi connectivity index (χ1v) is 11.1. The molecule has 0 spiro atoms. The molecule has 1 aromatic rings. The number of allylic oxidation sites excluding steroid dienone is 1. The predicted octanol–water partition coefficient (Wildman–Crippen LogP) is 1.85. The van der Waals surface area contributed by atoms with Crippen molar-refractivity contribution in [3.8, 4) is 0 Å². The number of halogens is 1. The van der Waals surface area contributed by atoms with Crippen LogP contribution in [0.1, 0.15) is 5.56 Å². The second-order valence-corrected chi connectivity index (χ2v) is 8.24. The minimum absolute atomic E-state index is 0.0793. The summed E-state index contributed by atoms with van der Waals surface area (Å²) in [4.78, 5) is 59.0. The van der Waals surface area contributed by atoms with Gasteiger partial charge in [-0.25, -0.2) is 4.79 Å².